The van der Waals surface area contributed by atoms with Crippen LogP contribution in [0.3, 0.4) is 0 Å². The Morgan fingerprint density at radius 2 is 1.89 bits per heavy atom. The van der Waals surface area contributed by atoms with Crippen LogP contribution >= 0.6 is 0 Å². The largest absolute Gasteiger partial charge is 0.334 e. The number of urea groups is 1. The molecule has 1 aliphatic carbocycles. The summed E-state index contributed by atoms with van der Waals surface area (Å²) in [6.45, 7) is 1.94. The Hall–Kier alpha value is -1.92. The van der Waals surface area contributed by atoms with Gasteiger partial charge in [0.15, 0.2) is 0 Å². The molecule has 1 aliphatic heterocycles. The molecule has 3 amide bonds. The topological polar surface area (TPSA) is 71.3 Å². The second-order valence-electron chi connectivity index (χ2n) is 5.16. The maximum atomic E-state index is 12.4. The van der Waals surface area contributed by atoms with Crippen molar-refractivity contribution >= 4 is 17.9 Å². The number of aryl methyl sites for hydroxylation is 2. The van der Waals surface area contributed by atoms with E-state index in [-0.39, 0.29) is 30.5 Å². The third-order valence-electron chi connectivity index (χ3n) is 3.93. The third kappa shape index (κ3) is 1.89. The first-order chi connectivity index (χ1) is 9.08. The van der Waals surface area contributed by atoms with Crippen molar-refractivity contribution in [2.24, 2.45) is 7.05 Å². The Balaban J connectivity index is 1.86. The monoisotopic (exact) mass is 263 g/mol. The summed E-state index contributed by atoms with van der Waals surface area (Å²) in [5, 5.41) is 4.12. The maximum absolute atomic E-state index is 12.4. The molecule has 0 N–H and O–H groups in total. The van der Waals surface area contributed by atoms with Gasteiger partial charge in [-0.15, -0.1) is 5.10 Å². The fourth-order valence-electron chi connectivity index (χ4n) is 2.76. The van der Waals surface area contributed by atoms with Crippen molar-refractivity contribution in [1.82, 2.24) is 19.7 Å². The highest BCUT2D eigenvalue weighted by Gasteiger charge is 2.43. The van der Waals surface area contributed by atoms with Crippen LogP contribution in [0.4, 0.5) is 10.7 Å². The van der Waals surface area contributed by atoms with Gasteiger partial charge in [-0.2, -0.15) is 9.88 Å². The average molecular weight is 263 g/mol. The van der Waals surface area contributed by atoms with Crippen molar-refractivity contribution < 1.29 is 9.59 Å². The Morgan fingerprint density at radius 3 is 2.47 bits per heavy atom. The number of nitrogens with zero attached hydrogens (tertiary/aromatic N) is 5. The average Bonchev–Trinajstić information content (AvgIpc) is 3.03. The van der Waals surface area contributed by atoms with E-state index in [1.165, 1.54) is 0 Å². The lowest BCUT2D eigenvalue weighted by Crippen LogP contribution is -2.38. The molecule has 1 saturated heterocycles. The summed E-state index contributed by atoms with van der Waals surface area (Å²) in [5.41, 5.74) is 0. The SMILES string of the molecule is Cc1nc(N2C(=O)CN(C3CCCC3)C2=O)nn1C. The Labute approximate surface area is 111 Å². The highest BCUT2D eigenvalue weighted by molar-refractivity contribution is 6.18. The Kier molecular flexibility index (Phi) is 2.76. The lowest BCUT2D eigenvalue weighted by Gasteiger charge is -2.21. The van der Waals surface area contributed by atoms with E-state index in [1.54, 1.807) is 23.6 Å². The predicted octanol–water partition coefficient (Wildman–Crippen LogP) is 0.835. The molecule has 1 saturated carbocycles. The first-order valence-electron chi connectivity index (χ1n) is 6.59. The van der Waals surface area contributed by atoms with Gasteiger partial charge in [-0.1, -0.05) is 12.8 Å². The van der Waals surface area contributed by atoms with Crippen LogP contribution in [0.1, 0.15) is 31.5 Å². The first kappa shape index (κ1) is 12.1. The fraction of sp³-hybridized carbons (Fsp3) is 0.667. The molecule has 19 heavy (non-hydrogen) atoms. The molecule has 0 spiro atoms. The number of carbonyl (C=O) groups is 2. The van der Waals surface area contributed by atoms with Crippen molar-refractivity contribution in [2.45, 2.75) is 38.6 Å². The molecule has 2 fully saturated rings. The summed E-state index contributed by atoms with van der Waals surface area (Å²) in [6, 6.07) is -0.0752. The summed E-state index contributed by atoms with van der Waals surface area (Å²) < 4.78 is 1.56. The van der Waals surface area contributed by atoms with Crippen LogP contribution in [0.15, 0.2) is 0 Å². The molecular formula is C12H17N5O2. The number of hydrogen-bond donors (Lipinski definition) is 0. The van der Waals surface area contributed by atoms with Gasteiger partial charge in [0.25, 0.3) is 11.9 Å². The molecule has 7 nitrogen and oxygen atoms in total. The zero-order valence-corrected chi connectivity index (χ0v) is 11.2. The molecule has 0 bridgehead atoms. The van der Waals surface area contributed by atoms with Gasteiger partial charge in [-0.3, -0.25) is 9.48 Å². The molecule has 1 aromatic rings. The van der Waals surface area contributed by atoms with E-state index in [9.17, 15) is 9.59 Å². The summed E-state index contributed by atoms with van der Waals surface area (Å²) in [6.07, 6.45) is 4.23. The predicted molar refractivity (Wildman–Crippen MR) is 67.6 cm³/mol. The molecule has 2 heterocycles. The smallest absolute Gasteiger partial charge is 0.312 e. The van der Waals surface area contributed by atoms with Gasteiger partial charge >= 0.3 is 6.03 Å². The number of rotatable bonds is 2. The van der Waals surface area contributed by atoms with Crippen LogP contribution in [0.25, 0.3) is 0 Å². The number of anilines is 1. The van der Waals surface area contributed by atoms with E-state index in [0.29, 0.717) is 5.82 Å². The minimum atomic E-state index is -0.275. The van der Waals surface area contributed by atoms with E-state index in [2.05, 4.69) is 10.1 Å². The fourth-order valence-corrected chi connectivity index (χ4v) is 2.76. The Bertz CT molecular complexity index is 513. The second kappa shape index (κ2) is 4.32. The molecule has 1 aromatic heterocycles. The zero-order chi connectivity index (χ0) is 13.6. The lowest BCUT2D eigenvalue weighted by molar-refractivity contribution is -0.116. The molecule has 2 aliphatic rings. The van der Waals surface area contributed by atoms with Gasteiger partial charge in [-0.05, 0) is 19.8 Å². The second-order valence-corrected chi connectivity index (χ2v) is 5.16. The number of carbonyl (C=O) groups excluding carboxylic acids is 2. The van der Waals surface area contributed by atoms with Crippen LogP contribution in [0, 0.1) is 6.92 Å². The van der Waals surface area contributed by atoms with Gasteiger partial charge < -0.3 is 4.90 Å². The van der Waals surface area contributed by atoms with E-state index in [0.717, 1.165) is 30.6 Å². The summed E-state index contributed by atoms with van der Waals surface area (Å²) in [5.74, 6) is 0.632. The minimum Gasteiger partial charge on any atom is -0.312 e. The van der Waals surface area contributed by atoms with Crippen LogP contribution in [-0.4, -0.2) is 44.2 Å². The third-order valence-corrected chi connectivity index (χ3v) is 3.93. The van der Waals surface area contributed by atoms with Crippen LogP contribution in [0.2, 0.25) is 0 Å². The Morgan fingerprint density at radius 1 is 1.21 bits per heavy atom. The van der Waals surface area contributed by atoms with Crippen molar-refractivity contribution in [3.8, 4) is 0 Å². The number of amides is 3. The van der Waals surface area contributed by atoms with Crippen molar-refractivity contribution in [1.29, 1.82) is 0 Å². The highest BCUT2D eigenvalue weighted by Crippen LogP contribution is 2.28. The normalized spacial score (nSPS) is 20.9. The number of imide groups is 1. The summed E-state index contributed by atoms with van der Waals surface area (Å²) in [4.78, 5) is 31.3. The van der Waals surface area contributed by atoms with E-state index in [4.69, 9.17) is 0 Å². The molecule has 0 aromatic carbocycles. The van der Waals surface area contributed by atoms with Crippen molar-refractivity contribution in [2.75, 3.05) is 11.4 Å². The van der Waals surface area contributed by atoms with Gasteiger partial charge in [0.1, 0.15) is 12.4 Å². The zero-order valence-electron chi connectivity index (χ0n) is 11.2. The molecule has 102 valence electrons. The number of aromatic nitrogens is 3. The van der Waals surface area contributed by atoms with Crippen LogP contribution in [0.5, 0.6) is 0 Å². The standard InChI is InChI=1S/C12H17N5O2/c1-8-13-11(14-15(8)2)17-10(18)7-16(12(17)19)9-5-3-4-6-9/h9H,3-7H2,1-2H3. The van der Waals surface area contributed by atoms with Crippen molar-refractivity contribution in [3.05, 3.63) is 5.82 Å². The van der Waals surface area contributed by atoms with E-state index >= 15 is 0 Å². The van der Waals surface area contributed by atoms with E-state index < -0.39 is 0 Å². The maximum Gasteiger partial charge on any atom is 0.334 e. The molecular weight excluding hydrogens is 246 g/mol. The van der Waals surface area contributed by atoms with Crippen LogP contribution in [-0.2, 0) is 11.8 Å². The molecule has 7 heteroatoms. The molecule has 3 rings (SSSR count). The first-order valence-corrected chi connectivity index (χ1v) is 6.59. The van der Waals surface area contributed by atoms with Crippen LogP contribution < -0.4 is 4.90 Å². The van der Waals surface area contributed by atoms with Gasteiger partial charge in [0.2, 0.25) is 0 Å². The minimum absolute atomic E-state index is 0.154. The van der Waals surface area contributed by atoms with Gasteiger partial charge in [-0.25, -0.2) is 4.79 Å². The van der Waals surface area contributed by atoms with Gasteiger partial charge in [0.05, 0.1) is 0 Å². The lowest BCUT2D eigenvalue weighted by atomic mass is 10.2. The summed E-state index contributed by atoms with van der Waals surface area (Å²) in [7, 11) is 1.74. The van der Waals surface area contributed by atoms with Crippen molar-refractivity contribution in [3.63, 3.8) is 0 Å². The van der Waals surface area contributed by atoms with Gasteiger partial charge in [0, 0.05) is 13.1 Å². The van der Waals surface area contributed by atoms with E-state index in [1.807, 2.05) is 0 Å². The molecule has 0 radical (unpaired) electrons. The molecule has 0 atom stereocenters. The highest BCUT2D eigenvalue weighted by atomic mass is 16.2. The quantitative estimate of drug-likeness (QED) is 0.741. The summed E-state index contributed by atoms with van der Waals surface area (Å²) >= 11 is 0. The molecule has 0 unspecified atom stereocenters. The number of hydrogen-bond acceptors (Lipinski definition) is 4.